The van der Waals surface area contributed by atoms with Crippen LogP contribution >= 0.6 is 0 Å². The zero-order chi connectivity index (χ0) is 17.1. The van der Waals surface area contributed by atoms with E-state index in [1.165, 1.54) is 11.1 Å². The average Bonchev–Trinajstić information content (AvgIpc) is 3.09. The quantitative estimate of drug-likeness (QED) is 0.849. The molecule has 0 aliphatic carbocycles. The Kier molecular flexibility index (Phi) is 4.57. The largest absolute Gasteiger partial charge is 0.486 e. The van der Waals surface area contributed by atoms with Crippen LogP contribution < -0.4 is 19.7 Å². The van der Waals surface area contributed by atoms with Crippen molar-refractivity contribution in [3.05, 3.63) is 53.6 Å². The number of hydrogen-bond donors (Lipinski definition) is 1. The Hall–Kier alpha value is -2.53. The van der Waals surface area contributed by atoms with E-state index in [2.05, 4.69) is 11.4 Å². The summed E-state index contributed by atoms with van der Waals surface area (Å²) < 4.78 is 11.1. The third kappa shape index (κ3) is 3.46. The van der Waals surface area contributed by atoms with E-state index in [4.69, 9.17) is 9.47 Å². The fourth-order valence-corrected chi connectivity index (χ4v) is 3.36. The normalized spacial score (nSPS) is 15.1. The van der Waals surface area contributed by atoms with E-state index in [0.29, 0.717) is 19.8 Å². The van der Waals surface area contributed by atoms with Gasteiger partial charge in [0.25, 0.3) is 0 Å². The maximum atomic E-state index is 12.4. The zero-order valence-corrected chi connectivity index (χ0v) is 14.2. The molecule has 2 aliphatic rings. The second-order valence-electron chi connectivity index (χ2n) is 6.33. The number of ether oxygens (including phenoxy) is 2. The molecule has 0 unspecified atom stereocenters. The van der Waals surface area contributed by atoms with Gasteiger partial charge in [-0.3, -0.25) is 4.79 Å². The first-order valence-corrected chi connectivity index (χ1v) is 8.79. The standard InChI is InChI=1S/C20H22N2O3/c23-20(22-10-8-16-3-1-2-4-17(16)22)14-21-9-7-15-5-6-18-19(13-15)25-12-11-24-18/h1-6,13,21H,7-12,14H2. The number of carbonyl (C=O) groups excluding carboxylic acids is 1. The number of para-hydroxylation sites is 1. The molecule has 2 aromatic rings. The summed E-state index contributed by atoms with van der Waals surface area (Å²) in [6.07, 6.45) is 1.79. The van der Waals surface area contributed by atoms with Crippen molar-refractivity contribution in [2.24, 2.45) is 0 Å². The first kappa shape index (κ1) is 16.0. The molecule has 2 aliphatic heterocycles. The highest BCUT2D eigenvalue weighted by Crippen LogP contribution is 2.30. The number of benzene rings is 2. The van der Waals surface area contributed by atoms with Gasteiger partial charge in [0.05, 0.1) is 6.54 Å². The Balaban J connectivity index is 1.27. The molecule has 0 saturated heterocycles. The van der Waals surface area contributed by atoms with Gasteiger partial charge < -0.3 is 19.7 Å². The Morgan fingerprint density at radius 1 is 1.08 bits per heavy atom. The van der Waals surface area contributed by atoms with Crippen LogP contribution in [0.1, 0.15) is 11.1 Å². The molecule has 5 heteroatoms. The van der Waals surface area contributed by atoms with Gasteiger partial charge in [-0.2, -0.15) is 0 Å². The van der Waals surface area contributed by atoms with E-state index in [9.17, 15) is 4.79 Å². The molecule has 130 valence electrons. The first-order chi connectivity index (χ1) is 12.3. The van der Waals surface area contributed by atoms with Gasteiger partial charge in [0.2, 0.25) is 5.91 Å². The van der Waals surface area contributed by atoms with Gasteiger partial charge in [-0.05, 0) is 48.7 Å². The molecule has 2 aromatic carbocycles. The molecular weight excluding hydrogens is 316 g/mol. The molecule has 1 amide bonds. The van der Waals surface area contributed by atoms with Crippen molar-refractivity contribution >= 4 is 11.6 Å². The molecule has 2 heterocycles. The van der Waals surface area contributed by atoms with Gasteiger partial charge in [0, 0.05) is 12.2 Å². The summed E-state index contributed by atoms with van der Waals surface area (Å²) in [7, 11) is 0. The van der Waals surface area contributed by atoms with Crippen LogP contribution in [0, 0.1) is 0 Å². The van der Waals surface area contributed by atoms with Gasteiger partial charge in [0.1, 0.15) is 13.2 Å². The number of rotatable bonds is 5. The fraction of sp³-hybridized carbons (Fsp3) is 0.350. The lowest BCUT2D eigenvalue weighted by Gasteiger charge is -2.19. The van der Waals surface area contributed by atoms with E-state index < -0.39 is 0 Å². The molecule has 5 nitrogen and oxygen atoms in total. The zero-order valence-electron chi connectivity index (χ0n) is 14.2. The summed E-state index contributed by atoms with van der Waals surface area (Å²) in [6, 6.07) is 14.2. The number of amides is 1. The van der Waals surface area contributed by atoms with Crippen LogP contribution in [-0.2, 0) is 17.6 Å². The van der Waals surface area contributed by atoms with Crippen LogP contribution in [0.15, 0.2) is 42.5 Å². The van der Waals surface area contributed by atoms with Crippen LogP contribution in [0.25, 0.3) is 0 Å². The lowest BCUT2D eigenvalue weighted by molar-refractivity contribution is -0.117. The second kappa shape index (κ2) is 7.15. The van der Waals surface area contributed by atoms with E-state index in [1.807, 2.05) is 41.3 Å². The molecule has 4 rings (SSSR count). The van der Waals surface area contributed by atoms with Crippen LogP contribution in [0.4, 0.5) is 5.69 Å². The van der Waals surface area contributed by atoms with E-state index in [0.717, 1.165) is 43.1 Å². The summed E-state index contributed by atoms with van der Waals surface area (Å²) in [5, 5.41) is 3.26. The summed E-state index contributed by atoms with van der Waals surface area (Å²) in [6.45, 7) is 3.10. The van der Waals surface area contributed by atoms with Crippen molar-refractivity contribution < 1.29 is 14.3 Å². The molecule has 0 spiro atoms. The van der Waals surface area contributed by atoms with Gasteiger partial charge in [-0.1, -0.05) is 24.3 Å². The maximum Gasteiger partial charge on any atom is 0.240 e. The molecular formula is C20H22N2O3. The maximum absolute atomic E-state index is 12.4. The van der Waals surface area contributed by atoms with Gasteiger partial charge >= 0.3 is 0 Å². The van der Waals surface area contributed by atoms with E-state index in [1.54, 1.807) is 0 Å². The second-order valence-corrected chi connectivity index (χ2v) is 6.33. The molecule has 0 saturated carbocycles. The van der Waals surface area contributed by atoms with Gasteiger partial charge in [0.15, 0.2) is 11.5 Å². The van der Waals surface area contributed by atoms with Crippen LogP contribution in [0.3, 0.4) is 0 Å². The van der Waals surface area contributed by atoms with Gasteiger partial charge in [-0.15, -0.1) is 0 Å². The third-order valence-electron chi connectivity index (χ3n) is 4.66. The highest BCUT2D eigenvalue weighted by Gasteiger charge is 2.23. The summed E-state index contributed by atoms with van der Waals surface area (Å²) >= 11 is 0. The third-order valence-corrected chi connectivity index (χ3v) is 4.66. The van der Waals surface area contributed by atoms with Crippen LogP contribution in [-0.4, -0.2) is 38.8 Å². The molecule has 0 bridgehead atoms. The first-order valence-electron chi connectivity index (χ1n) is 8.79. The predicted molar refractivity (Wildman–Crippen MR) is 96.5 cm³/mol. The number of nitrogens with one attached hydrogen (secondary N) is 1. The number of carbonyl (C=O) groups is 1. The van der Waals surface area contributed by atoms with E-state index >= 15 is 0 Å². The monoisotopic (exact) mass is 338 g/mol. The predicted octanol–water partition coefficient (Wildman–Crippen LogP) is 2.18. The minimum Gasteiger partial charge on any atom is -0.486 e. The minimum absolute atomic E-state index is 0.132. The summed E-state index contributed by atoms with van der Waals surface area (Å²) in [4.78, 5) is 14.3. The number of anilines is 1. The van der Waals surface area contributed by atoms with E-state index in [-0.39, 0.29) is 5.91 Å². The number of hydrogen-bond acceptors (Lipinski definition) is 4. The number of nitrogens with zero attached hydrogens (tertiary/aromatic N) is 1. The SMILES string of the molecule is O=C(CNCCc1ccc2c(c1)OCCO2)N1CCc2ccccc21. The topological polar surface area (TPSA) is 50.8 Å². The molecule has 0 fully saturated rings. The van der Waals surface area contributed by atoms with Crippen molar-refractivity contribution in [3.8, 4) is 11.5 Å². The van der Waals surface area contributed by atoms with Crippen molar-refractivity contribution in [3.63, 3.8) is 0 Å². The Bertz CT molecular complexity index is 775. The lowest BCUT2D eigenvalue weighted by Crippen LogP contribution is -2.37. The Labute approximate surface area is 147 Å². The van der Waals surface area contributed by atoms with Crippen molar-refractivity contribution in [1.29, 1.82) is 0 Å². The summed E-state index contributed by atoms with van der Waals surface area (Å²) in [5.74, 6) is 1.76. The Morgan fingerprint density at radius 3 is 2.84 bits per heavy atom. The lowest BCUT2D eigenvalue weighted by atomic mass is 10.1. The van der Waals surface area contributed by atoms with Crippen LogP contribution in [0.5, 0.6) is 11.5 Å². The highest BCUT2D eigenvalue weighted by molar-refractivity contribution is 5.96. The van der Waals surface area contributed by atoms with Gasteiger partial charge in [-0.25, -0.2) is 0 Å². The van der Waals surface area contributed by atoms with Crippen molar-refractivity contribution in [2.45, 2.75) is 12.8 Å². The summed E-state index contributed by atoms with van der Waals surface area (Å²) in [5.41, 5.74) is 3.49. The number of fused-ring (bicyclic) bond motifs is 2. The molecule has 0 atom stereocenters. The fourth-order valence-electron chi connectivity index (χ4n) is 3.36. The van der Waals surface area contributed by atoms with Crippen molar-refractivity contribution in [2.75, 3.05) is 37.7 Å². The molecule has 0 radical (unpaired) electrons. The highest BCUT2D eigenvalue weighted by atomic mass is 16.6. The minimum atomic E-state index is 0.132. The van der Waals surface area contributed by atoms with Crippen LogP contribution in [0.2, 0.25) is 0 Å². The Morgan fingerprint density at radius 2 is 1.92 bits per heavy atom. The van der Waals surface area contributed by atoms with Crippen molar-refractivity contribution in [1.82, 2.24) is 5.32 Å². The average molecular weight is 338 g/mol. The molecule has 0 aromatic heterocycles. The molecule has 25 heavy (non-hydrogen) atoms. The smallest absolute Gasteiger partial charge is 0.240 e. The molecule has 1 N–H and O–H groups in total.